The van der Waals surface area contributed by atoms with Crippen molar-refractivity contribution in [2.24, 2.45) is 0 Å². The van der Waals surface area contributed by atoms with Gasteiger partial charge in [-0.15, -0.1) is 0 Å². The van der Waals surface area contributed by atoms with E-state index >= 15 is 0 Å². The summed E-state index contributed by atoms with van der Waals surface area (Å²) in [6.07, 6.45) is 3.33. The number of rotatable bonds is 6. The predicted octanol–water partition coefficient (Wildman–Crippen LogP) is 4.47. The van der Waals surface area contributed by atoms with E-state index in [0.29, 0.717) is 35.0 Å². The minimum atomic E-state index is -0.258. The number of benzene rings is 3. The number of nitrogens with zero attached hydrogens (tertiary/aromatic N) is 2. The van der Waals surface area contributed by atoms with Crippen molar-refractivity contribution in [3.63, 3.8) is 0 Å². The van der Waals surface area contributed by atoms with Crippen LogP contribution >= 0.6 is 0 Å². The van der Waals surface area contributed by atoms with Crippen molar-refractivity contribution >= 4 is 23.2 Å². The zero-order chi connectivity index (χ0) is 23.5. The monoisotopic (exact) mass is 454 g/mol. The van der Waals surface area contributed by atoms with Crippen molar-refractivity contribution in [3.05, 3.63) is 102 Å². The lowest BCUT2D eigenvalue weighted by Gasteiger charge is -2.08. The van der Waals surface area contributed by atoms with E-state index in [1.165, 1.54) is 0 Å². The first-order valence-corrected chi connectivity index (χ1v) is 10.7. The average Bonchev–Trinajstić information content (AvgIpc) is 3.49. The van der Waals surface area contributed by atoms with Gasteiger partial charge in [0, 0.05) is 29.7 Å². The molecule has 8 heteroatoms. The minimum Gasteiger partial charge on any atom is -0.454 e. The smallest absolute Gasteiger partial charge is 0.275 e. The number of carbonyl (C=O) groups excluding carboxylic acids is 2. The average molecular weight is 454 g/mol. The van der Waals surface area contributed by atoms with Gasteiger partial charge in [0.1, 0.15) is 5.69 Å². The minimum absolute atomic E-state index is 0.164. The third kappa shape index (κ3) is 4.75. The van der Waals surface area contributed by atoms with Crippen LogP contribution in [0.3, 0.4) is 0 Å². The zero-order valence-electron chi connectivity index (χ0n) is 18.4. The molecule has 8 nitrogen and oxygen atoms in total. The zero-order valence-corrected chi connectivity index (χ0v) is 18.4. The summed E-state index contributed by atoms with van der Waals surface area (Å²) in [6.45, 7) is 2.68. The van der Waals surface area contributed by atoms with E-state index in [-0.39, 0.29) is 18.6 Å². The normalized spacial score (nSPS) is 11.8. The molecule has 5 rings (SSSR count). The van der Waals surface area contributed by atoms with Crippen molar-refractivity contribution in [3.8, 4) is 11.5 Å². The number of hydrogen-bond acceptors (Lipinski definition) is 5. The van der Waals surface area contributed by atoms with Gasteiger partial charge in [-0.3, -0.25) is 9.59 Å². The summed E-state index contributed by atoms with van der Waals surface area (Å²) in [7, 11) is 0. The first-order valence-electron chi connectivity index (χ1n) is 10.7. The molecule has 0 unspecified atom stereocenters. The van der Waals surface area contributed by atoms with Gasteiger partial charge in [0.15, 0.2) is 11.5 Å². The molecule has 0 spiro atoms. The van der Waals surface area contributed by atoms with E-state index in [0.717, 1.165) is 16.8 Å². The van der Waals surface area contributed by atoms with Crippen molar-refractivity contribution in [1.82, 2.24) is 9.55 Å². The summed E-state index contributed by atoms with van der Waals surface area (Å²) < 4.78 is 12.4. The van der Waals surface area contributed by atoms with Gasteiger partial charge in [0.25, 0.3) is 11.8 Å². The van der Waals surface area contributed by atoms with Gasteiger partial charge in [-0.05, 0) is 60.5 Å². The number of imidazole rings is 1. The Morgan fingerprint density at radius 3 is 2.53 bits per heavy atom. The molecule has 1 aromatic heterocycles. The number of hydrogen-bond donors (Lipinski definition) is 2. The highest BCUT2D eigenvalue weighted by Crippen LogP contribution is 2.32. The number of aromatic nitrogens is 2. The molecule has 1 aliphatic rings. The Labute approximate surface area is 196 Å². The van der Waals surface area contributed by atoms with Crippen molar-refractivity contribution in [2.45, 2.75) is 13.5 Å². The summed E-state index contributed by atoms with van der Waals surface area (Å²) in [4.78, 5) is 29.2. The first kappa shape index (κ1) is 21.3. The maximum Gasteiger partial charge on any atom is 0.275 e. The third-order valence-corrected chi connectivity index (χ3v) is 5.35. The largest absolute Gasteiger partial charge is 0.454 e. The maximum atomic E-state index is 12.5. The van der Waals surface area contributed by atoms with E-state index < -0.39 is 0 Å². The van der Waals surface area contributed by atoms with Crippen LogP contribution in [-0.4, -0.2) is 28.2 Å². The molecule has 0 radical (unpaired) electrons. The molecule has 0 saturated heterocycles. The van der Waals surface area contributed by atoms with Crippen LogP contribution in [0.4, 0.5) is 11.4 Å². The van der Waals surface area contributed by atoms with Crippen LogP contribution in [0.15, 0.2) is 79.3 Å². The molecular weight excluding hydrogens is 432 g/mol. The number of ether oxygens (including phenoxy) is 2. The van der Waals surface area contributed by atoms with E-state index in [2.05, 4.69) is 15.6 Å². The summed E-state index contributed by atoms with van der Waals surface area (Å²) in [6, 6.07) is 20.2. The highest BCUT2D eigenvalue weighted by Gasteiger charge is 2.16. The Morgan fingerprint density at radius 2 is 1.71 bits per heavy atom. The Bertz CT molecular complexity index is 1360. The lowest BCUT2D eigenvalue weighted by molar-refractivity contribution is 0.101. The number of nitrogens with one attached hydrogen (secondary N) is 2. The summed E-state index contributed by atoms with van der Waals surface area (Å²) in [5.74, 6) is 0.710. The molecule has 0 atom stereocenters. The highest BCUT2D eigenvalue weighted by molar-refractivity contribution is 6.04. The van der Waals surface area contributed by atoms with Crippen LogP contribution in [0.25, 0.3) is 0 Å². The van der Waals surface area contributed by atoms with Crippen molar-refractivity contribution in [1.29, 1.82) is 0 Å². The lowest BCUT2D eigenvalue weighted by atomic mass is 10.1. The Morgan fingerprint density at radius 1 is 0.912 bits per heavy atom. The van der Waals surface area contributed by atoms with E-state index in [9.17, 15) is 9.59 Å². The highest BCUT2D eigenvalue weighted by atomic mass is 16.7. The van der Waals surface area contributed by atoms with Crippen molar-refractivity contribution < 1.29 is 19.1 Å². The fourth-order valence-electron chi connectivity index (χ4n) is 3.63. The second-order valence-corrected chi connectivity index (χ2v) is 7.97. The van der Waals surface area contributed by atoms with Gasteiger partial charge in [-0.2, -0.15) is 0 Å². The molecule has 2 heterocycles. The van der Waals surface area contributed by atoms with E-state index in [1.54, 1.807) is 30.7 Å². The third-order valence-electron chi connectivity index (χ3n) is 5.35. The molecule has 0 fully saturated rings. The molecule has 170 valence electrons. The Balaban J connectivity index is 1.19. The summed E-state index contributed by atoms with van der Waals surface area (Å²) >= 11 is 0. The molecule has 3 aromatic carbocycles. The van der Waals surface area contributed by atoms with Gasteiger partial charge in [-0.1, -0.05) is 24.3 Å². The Hall–Kier alpha value is -4.59. The SMILES string of the molecule is Cc1cccc(NC(=O)c2cn(Cc3ccc(NC(=O)c4ccc5c(c4)OCO5)cc3)cn2)c1. The number of aryl methyl sites for hydroxylation is 1. The number of amides is 2. The van der Waals surface area contributed by atoms with Gasteiger partial charge in [0.2, 0.25) is 6.79 Å². The van der Waals surface area contributed by atoms with Gasteiger partial charge < -0.3 is 24.7 Å². The maximum absolute atomic E-state index is 12.5. The molecule has 34 heavy (non-hydrogen) atoms. The topological polar surface area (TPSA) is 94.5 Å². The number of carbonyl (C=O) groups is 2. The van der Waals surface area contributed by atoms with Crippen LogP contribution < -0.4 is 20.1 Å². The van der Waals surface area contributed by atoms with Crippen LogP contribution in [-0.2, 0) is 6.54 Å². The second kappa shape index (κ2) is 9.11. The number of anilines is 2. The standard InChI is InChI=1S/C26H22N4O4/c1-17-3-2-4-21(11-17)29-26(32)22-14-30(15-27-22)13-18-5-8-20(9-6-18)28-25(31)19-7-10-23-24(12-19)34-16-33-23/h2-12,14-15H,13,16H2,1H3,(H,28,31)(H,29,32). The molecule has 0 saturated carbocycles. The van der Waals surface area contributed by atoms with E-state index in [4.69, 9.17) is 9.47 Å². The second-order valence-electron chi connectivity index (χ2n) is 7.97. The molecule has 0 bridgehead atoms. The first-order chi connectivity index (χ1) is 16.5. The van der Waals surface area contributed by atoms with Crippen LogP contribution in [0.1, 0.15) is 32.0 Å². The molecule has 2 amide bonds. The van der Waals surface area contributed by atoms with Crippen molar-refractivity contribution in [2.75, 3.05) is 17.4 Å². The molecule has 0 aliphatic carbocycles. The van der Waals surface area contributed by atoms with Crippen LogP contribution in [0.2, 0.25) is 0 Å². The lowest BCUT2D eigenvalue weighted by Crippen LogP contribution is -2.12. The molecule has 2 N–H and O–H groups in total. The summed E-state index contributed by atoms with van der Waals surface area (Å²) in [5.41, 5.74) is 4.31. The van der Waals surface area contributed by atoms with Crippen LogP contribution in [0, 0.1) is 6.92 Å². The van der Waals surface area contributed by atoms with E-state index in [1.807, 2.05) is 60.0 Å². The molecular formula is C26H22N4O4. The van der Waals surface area contributed by atoms with Gasteiger partial charge in [0.05, 0.1) is 6.33 Å². The predicted molar refractivity (Wildman–Crippen MR) is 127 cm³/mol. The molecule has 1 aliphatic heterocycles. The fraction of sp³-hybridized carbons (Fsp3) is 0.115. The van der Waals surface area contributed by atoms with Gasteiger partial charge >= 0.3 is 0 Å². The Kier molecular flexibility index (Phi) is 5.70. The number of fused-ring (bicyclic) bond motifs is 1. The quantitative estimate of drug-likeness (QED) is 0.448. The summed E-state index contributed by atoms with van der Waals surface area (Å²) in [5, 5.41) is 5.74. The molecule has 4 aromatic rings. The fourth-order valence-corrected chi connectivity index (χ4v) is 3.63. The van der Waals surface area contributed by atoms with Crippen LogP contribution in [0.5, 0.6) is 11.5 Å². The van der Waals surface area contributed by atoms with Gasteiger partial charge in [-0.25, -0.2) is 4.98 Å².